The van der Waals surface area contributed by atoms with Gasteiger partial charge in [-0.15, -0.1) is 0 Å². The van der Waals surface area contributed by atoms with E-state index in [1.807, 2.05) is 6.92 Å². The predicted molar refractivity (Wildman–Crippen MR) is 109 cm³/mol. The minimum atomic E-state index is -4.66. The van der Waals surface area contributed by atoms with Crippen LogP contribution in [0.25, 0.3) is 0 Å². The lowest BCUT2D eigenvalue weighted by Crippen LogP contribution is -2.25. The molecule has 1 aliphatic rings. The number of nitrogens with one attached hydrogen (secondary N) is 1. The molecule has 0 bridgehead atoms. The number of nitrogens with zero attached hydrogens (tertiary/aromatic N) is 2. The fourth-order valence-electron chi connectivity index (χ4n) is 3.45. The normalized spacial score (nSPS) is 15.9. The van der Waals surface area contributed by atoms with Crippen molar-refractivity contribution < 1.29 is 18.0 Å². The number of aryl methyl sites for hydroxylation is 1. The molecular weight excluding hydrogens is 435 g/mol. The van der Waals surface area contributed by atoms with Crippen LogP contribution in [-0.2, 0) is 30.4 Å². The van der Waals surface area contributed by atoms with Crippen molar-refractivity contribution in [1.82, 2.24) is 10.3 Å². The van der Waals surface area contributed by atoms with E-state index in [0.29, 0.717) is 17.1 Å². The number of rotatable bonds is 5. The molecule has 0 radical (unpaired) electrons. The van der Waals surface area contributed by atoms with Crippen LogP contribution in [0.5, 0.6) is 0 Å². The molecule has 1 heterocycles. The Bertz CT molecular complexity index is 1000. The summed E-state index contributed by atoms with van der Waals surface area (Å²) in [7, 11) is 0. The number of pyridine rings is 1. The van der Waals surface area contributed by atoms with Crippen LogP contribution in [0.4, 0.5) is 13.2 Å². The third-order valence-electron chi connectivity index (χ3n) is 4.95. The number of amides is 1. The Morgan fingerprint density at radius 2 is 2.13 bits per heavy atom. The zero-order valence-electron chi connectivity index (χ0n) is 16.1. The number of carbonyl (C=O) groups is 1. The third kappa shape index (κ3) is 5.08. The van der Waals surface area contributed by atoms with Crippen molar-refractivity contribution >= 4 is 29.3 Å². The van der Waals surface area contributed by atoms with Crippen LogP contribution < -0.4 is 5.32 Å². The van der Waals surface area contributed by atoms with Crippen LogP contribution in [0.1, 0.15) is 41.3 Å². The summed E-state index contributed by atoms with van der Waals surface area (Å²) in [5.74, 6) is -0.440. The summed E-state index contributed by atoms with van der Waals surface area (Å²) in [6.07, 6.45) is -3.24. The Hall–Kier alpha value is -2.24. The molecule has 0 saturated heterocycles. The zero-order chi connectivity index (χ0) is 21.9. The van der Waals surface area contributed by atoms with Gasteiger partial charge in [0, 0.05) is 17.3 Å². The van der Waals surface area contributed by atoms with Gasteiger partial charge in [0.2, 0.25) is 5.91 Å². The van der Waals surface area contributed by atoms with Crippen molar-refractivity contribution in [1.29, 1.82) is 5.26 Å². The maximum Gasteiger partial charge on any atom is 0.418 e. The molecule has 0 aliphatic heterocycles. The molecule has 30 heavy (non-hydrogen) atoms. The van der Waals surface area contributed by atoms with Gasteiger partial charge >= 0.3 is 6.18 Å². The minimum Gasteiger partial charge on any atom is -0.351 e. The topological polar surface area (TPSA) is 65.8 Å². The lowest BCUT2D eigenvalue weighted by Gasteiger charge is -2.26. The average Bonchev–Trinajstić information content (AvgIpc) is 2.69. The van der Waals surface area contributed by atoms with Gasteiger partial charge < -0.3 is 5.32 Å². The number of thioether (sulfide) groups is 1. The van der Waals surface area contributed by atoms with E-state index in [-0.39, 0.29) is 41.1 Å². The van der Waals surface area contributed by atoms with E-state index < -0.39 is 17.3 Å². The number of fused-ring (bicyclic) bond motifs is 1. The van der Waals surface area contributed by atoms with E-state index in [9.17, 15) is 23.2 Å². The molecule has 0 fully saturated rings. The van der Waals surface area contributed by atoms with Gasteiger partial charge in [-0.25, -0.2) is 4.98 Å². The van der Waals surface area contributed by atoms with Gasteiger partial charge in [-0.2, -0.15) is 18.4 Å². The van der Waals surface area contributed by atoms with Crippen LogP contribution >= 0.6 is 23.4 Å². The first kappa shape index (κ1) is 22.4. The van der Waals surface area contributed by atoms with Gasteiger partial charge in [-0.1, -0.05) is 48.5 Å². The number of nitriles is 1. The second-order valence-corrected chi connectivity index (χ2v) is 8.58. The lowest BCUT2D eigenvalue weighted by molar-refractivity contribution is -0.138. The summed E-state index contributed by atoms with van der Waals surface area (Å²) < 4.78 is 41.4. The number of hydrogen-bond acceptors (Lipinski definition) is 4. The molecule has 1 aliphatic carbocycles. The number of aromatic nitrogens is 1. The van der Waals surface area contributed by atoms with Gasteiger partial charge in [0.25, 0.3) is 0 Å². The molecule has 4 nitrogen and oxygen atoms in total. The molecule has 1 aromatic heterocycles. The van der Waals surface area contributed by atoms with Crippen LogP contribution in [0.15, 0.2) is 29.3 Å². The predicted octanol–water partition coefficient (Wildman–Crippen LogP) is 5.16. The number of hydrogen-bond donors (Lipinski definition) is 1. The number of carbonyl (C=O) groups excluding carboxylic acids is 1. The summed E-state index contributed by atoms with van der Waals surface area (Å²) in [4.78, 5) is 16.5. The van der Waals surface area contributed by atoms with E-state index in [1.54, 1.807) is 30.3 Å². The largest absolute Gasteiger partial charge is 0.418 e. The maximum absolute atomic E-state index is 13.8. The highest BCUT2D eigenvalue weighted by atomic mass is 35.5. The zero-order valence-corrected chi connectivity index (χ0v) is 17.7. The molecule has 158 valence electrons. The van der Waals surface area contributed by atoms with Crippen molar-refractivity contribution in [2.45, 2.75) is 43.9 Å². The second-order valence-electron chi connectivity index (χ2n) is 7.21. The van der Waals surface area contributed by atoms with Crippen LogP contribution in [0, 0.1) is 17.2 Å². The summed E-state index contributed by atoms with van der Waals surface area (Å²) in [6, 6.07) is 8.70. The molecule has 0 saturated carbocycles. The standard InChI is InChI=1S/C21H19ClF3N3OS/c1-12-6-7-17-14(8-12)19(21(23,24)25)15(9-26)20(28-17)30-11-18(29)27-10-13-4-2-3-5-16(13)22/h2-5,12H,6-8,10-11H2,1H3,(H,27,29)/t12-/m0/s1. The van der Waals surface area contributed by atoms with Gasteiger partial charge in [-0.05, 0) is 42.4 Å². The smallest absolute Gasteiger partial charge is 0.351 e. The highest BCUT2D eigenvalue weighted by molar-refractivity contribution is 8.00. The molecule has 1 atom stereocenters. The molecule has 0 unspecified atom stereocenters. The summed E-state index contributed by atoms with van der Waals surface area (Å²) in [5, 5.41) is 12.6. The Balaban J connectivity index is 1.80. The monoisotopic (exact) mass is 453 g/mol. The Morgan fingerprint density at radius 1 is 1.40 bits per heavy atom. The Labute approximate surface area is 181 Å². The SMILES string of the molecule is C[C@H]1CCc2nc(SCC(=O)NCc3ccccc3Cl)c(C#N)c(C(F)(F)F)c2C1. The first-order valence-electron chi connectivity index (χ1n) is 9.36. The second kappa shape index (κ2) is 9.27. The summed E-state index contributed by atoms with van der Waals surface area (Å²) >= 11 is 6.89. The van der Waals surface area contributed by atoms with Crippen molar-refractivity contribution in [2.75, 3.05) is 5.75 Å². The van der Waals surface area contributed by atoms with Gasteiger partial charge in [0.1, 0.15) is 11.1 Å². The van der Waals surface area contributed by atoms with E-state index in [4.69, 9.17) is 11.6 Å². The molecule has 1 aromatic carbocycles. The fourth-order valence-corrected chi connectivity index (χ4v) is 4.49. The quantitative estimate of drug-likeness (QED) is 0.635. The highest BCUT2D eigenvalue weighted by Crippen LogP contribution is 2.41. The number of benzene rings is 1. The van der Waals surface area contributed by atoms with Gasteiger partial charge in [0.05, 0.1) is 16.9 Å². The molecular formula is C21H19ClF3N3OS. The maximum atomic E-state index is 13.8. The first-order valence-corrected chi connectivity index (χ1v) is 10.7. The minimum absolute atomic E-state index is 0.0500. The highest BCUT2D eigenvalue weighted by Gasteiger charge is 2.40. The van der Waals surface area contributed by atoms with Crippen LogP contribution in [0.3, 0.4) is 0 Å². The number of halogens is 4. The average molecular weight is 454 g/mol. The van der Waals surface area contributed by atoms with E-state index >= 15 is 0 Å². The molecule has 2 aromatic rings. The van der Waals surface area contributed by atoms with Gasteiger partial charge in [-0.3, -0.25) is 4.79 Å². The van der Waals surface area contributed by atoms with Crippen molar-refractivity contribution in [3.05, 3.63) is 57.2 Å². The molecule has 1 N–H and O–H groups in total. The number of alkyl halides is 3. The lowest BCUT2D eigenvalue weighted by atomic mass is 9.84. The summed E-state index contributed by atoms with van der Waals surface area (Å²) in [6.45, 7) is 2.09. The van der Waals surface area contributed by atoms with E-state index in [1.165, 1.54) is 0 Å². The third-order valence-corrected chi connectivity index (χ3v) is 6.29. The van der Waals surface area contributed by atoms with E-state index in [2.05, 4.69) is 10.3 Å². The van der Waals surface area contributed by atoms with E-state index in [0.717, 1.165) is 23.7 Å². The molecule has 3 rings (SSSR count). The fraction of sp³-hybridized carbons (Fsp3) is 0.381. The molecule has 0 spiro atoms. The van der Waals surface area contributed by atoms with Crippen LogP contribution in [0.2, 0.25) is 5.02 Å². The Morgan fingerprint density at radius 3 is 2.80 bits per heavy atom. The van der Waals surface area contributed by atoms with Crippen LogP contribution in [-0.4, -0.2) is 16.6 Å². The van der Waals surface area contributed by atoms with Crippen molar-refractivity contribution in [3.8, 4) is 6.07 Å². The van der Waals surface area contributed by atoms with Crippen molar-refractivity contribution in [3.63, 3.8) is 0 Å². The van der Waals surface area contributed by atoms with Gasteiger partial charge in [0.15, 0.2) is 0 Å². The first-order chi connectivity index (χ1) is 14.2. The summed E-state index contributed by atoms with van der Waals surface area (Å²) in [5.41, 5.74) is -0.181. The molecule has 9 heteroatoms. The molecule has 1 amide bonds. The Kier molecular flexibility index (Phi) is 6.94. The van der Waals surface area contributed by atoms with Crippen molar-refractivity contribution in [2.24, 2.45) is 5.92 Å².